The maximum absolute atomic E-state index is 11.2. The molecule has 0 atom stereocenters. The Balaban J connectivity index is 3.30. The van der Waals surface area contributed by atoms with Gasteiger partial charge in [0, 0.05) is 6.26 Å². The van der Waals surface area contributed by atoms with E-state index in [-0.39, 0.29) is 4.91 Å². The van der Waals surface area contributed by atoms with Gasteiger partial charge in [0.25, 0.3) is 0 Å². The van der Waals surface area contributed by atoms with Gasteiger partial charge in [0.15, 0.2) is 9.84 Å². The molecule has 0 aliphatic carbocycles. The third-order valence-corrected chi connectivity index (χ3v) is 2.99. The Hall–Kier alpha value is -1.60. The normalized spacial score (nSPS) is 12.2. The summed E-state index contributed by atoms with van der Waals surface area (Å²) in [5, 5.41) is 8.72. The molecule has 0 saturated heterocycles. The van der Waals surface area contributed by atoms with E-state index >= 15 is 0 Å². The molecule has 15 heavy (non-hydrogen) atoms. The fourth-order valence-electron chi connectivity index (χ4n) is 1.11. The molecule has 0 aliphatic rings. The molecule has 0 amide bonds. The standard InChI is InChI=1S/C11H11NO2S/c1-9-5-3-4-6-10(9)7-11(8-12)15(2,13)14/h3-7H,1-2H3/b11-7+. The van der Waals surface area contributed by atoms with Crippen molar-refractivity contribution in [3.8, 4) is 6.07 Å². The second-order valence-corrected chi connectivity index (χ2v) is 5.23. The van der Waals surface area contributed by atoms with Crippen LogP contribution in [-0.4, -0.2) is 14.7 Å². The molecule has 4 heteroatoms. The minimum Gasteiger partial charge on any atom is -0.223 e. The molecule has 0 aliphatic heterocycles. The Morgan fingerprint density at radius 2 is 2.00 bits per heavy atom. The molecular formula is C11H11NO2S. The number of hydrogen-bond acceptors (Lipinski definition) is 3. The second-order valence-electron chi connectivity index (χ2n) is 3.25. The highest BCUT2D eigenvalue weighted by Gasteiger charge is 2.10. The average molecular weight is 221 g/mol. The van der Waals surface area contributed by atoms with Crippen LogP contribution < -0.4 is 0 Å². The maximum Gasteiger partial charge on any atom is 0.185 e. The van der Waals surface area contributed by atoms with Crippen LogP contribution in [0.4, 0.5) is 0 Å². The van der Waals surface area contributed by atoms with Crippen molar-refractivity contribution in [2.45, 2.75) is 6.92 Å². The molecule has 0 bridgehead atoms. The Labute approximate surface area is 89.6 Å². The summed E-state index contributed by atoms with van der Waals surface area (Å²) < 4.78 is 22.4. The van der Waals surface area contributed by atoms with Gasteiger partial charge in [0.2, 0.25) is 0 Å². The van der Waals surface area contributed by atoms with E-state index in [0.717, 1.165) is 17.4 Å². The smallest absolute Gasteiger partial charge is 0.185 e. The van der Waals surface area contributed by atoms with Crippen LogP contribution in [0.1, 0.15) is 11.1 Å². The molecular weight excluding hydrogens is 210 g/mol. The molecule has 0 heterocycles. The molecule has 78 valence electrons. The molecule has 0 N–H and O–H groups in total. The highest BCUT2D eigenvalue weighted by molar-refractivity contribution is 7.95. The SMILES string of the molecule is Cc1ccccc1/C=C(\C#N)S(C)(=O)=O. The number of nitrogens with zero attached hydrogens (tertiary/aromatic N) is 1. The molecule has 1 aromatic carbocycles. The summed E-state index contributed by atoms with van der Waals surface area (Å²) in [5.41, 5.74) is 1.69. The molecule has 0 spiro atoms. The highest BCUT2D eigenvalue weighted by atomic mass is 32.2. The van der Waals surface area contributed by atoms with Gasteiger partial charge >= 0.3 is 0 Å². The third kappa shape index (κ3) is 2.93. The number of allylic oxidation sites excluding steroid dienone is 1. The molecule has 0 fully saturated rings. The van der Waals surface area contributed by atoms with Gasteiger partial charge in [-0.05, 0) is 24.1 Å². The lowest BCUT2D eigenvalue weighted by Gasteiger charge is -2.00. The van der Waals surface area contributed by atoms with Gasteiger partial charge in [-0.15, -0.1) is 0 Å². The van der Waals surface area contributed by atoms with Crippen molar-refractivity contribution in [3.63, 3.8) is 0 Å². The Bertz CT molecular complexity index is 536. The minimum absolute atomic E-state index is 0.211. The average Bonchev–Trinajstić information content (AvgIpc) is 2.14. The molecule has 0 aromatic heterocycles. The van der Waals surface area contributed by atoms with Crippen LogP contribution in [0.3, 0.4) is 0 Å². The summed E-state index contributed by atoms with van der Waals surface area (Å²) in [5.74, 6) is 0. The number of aryl methyl sites for hydroxylation is 1. The fourth-order valence-corrected chi connectivity index (χ4v) is 1.62. The van der Waals surface area contributed by atoms with Gasteiger partial charge in [-0.3, -0.25) is 0 Å². The van der Waals surface area contributed by atoms with E-state index in [2.05, 4.69) is 0 Å². The first kappa shape index (κ1) is 11.5. The maximum atomic E-state index is 11.2. The topological polar surface area (TPSA) is 57.9 Å². The van der Waals surface area contributed by atoms with E-state index in [1.165, 1.54) is 6.08 Å². The number of hydrogen-bond donors (Lipinski definition) is 0. The monoisotopic (exact) mass is 221 g/mol. The zero-order valence-corrected chi connectivity index (χ0v) is 9.38. The van der Waals surface area contributed by atoms with Crippen molar-refractivity contribution < 1.29 is 8.42 Å². The zero-order chi connectivity index (χ0) is 11.5. The van der Waals surface area contributed by atoms with Crippen LogP contribution in [-0.2, 0) is 9.84 Å². The van der Waals surface area contributed by atoms with Crippen molar-refractivity contribution in [2.24, 2.45) is 0 Å². The van der Waals surface area contributed by atoms with Crippen molar-refractivity contribution >= 4 is 15.9 Å². The summed E-state index contributed by atoms with van der Waals surface area (Å²) in [4.78, 5) is -0.211. The molecule has 1 rings (SSSR count). The van der Waals surface area contributed by atoms with Gasteiger partial charge in [-0.2, -0.15) is 5.26 Å². The van der Waals surface area contributed by atoms with E-state index in [0.29, 0.717) is 0 Å². The van der Waals surface area contributed by atoms with Crippen LogP contribution in [0.2, 0.25) is 0 Å². The number of nitriles is 1. The number of rotatable bonds is 2. The molecule has 0 saturated carbocycles. The third-order valence-electron chi connectivity index (χ3n) is 1.98. The predicted molar refractivity (Wildman–Crippen MR) is 59.6 cm³/mol. The first-order valence-electron chi connectivity index (χ1n) is 4.32. The first-order valence-corrected chi connectivity index (χ1v) is 6.22. The molecule has 0 radical (unpaired) electrons. The Morgan fingerprint density at radius 3 is 2.47 bits per heavy atom. The van der Waals surface area contributed by atoms with Crippen LogP contribution in [0.5, 0.6) is 0 Å². The van der Waals surface area contributed by atoms with Gasteiger partial charge < -0.3 is 0 Å². The molecule has 1 aromatic rings. The van der Waals surface area contributed by atoms with Crippen LogP contribution in [0.15, 0.2) is 29.2 Å². The summed E-state index contributed by atoms with van der Waals surface area (Å²) in [6.07, 6.45) is 2.42. The molecule has 0 unspecified atom stereocenters. The number of benzene rings is 1. The van der Waals surface area contributed by atoms with Crippen LogP contribution in [0.25, 0.3) is 6.08 Å². The zero-order valence-electron chi connectivity index (χ0n) is 8.56. The largest absolute Gasteiger partial charge is 0.223 e. The van der Waals surface area contributed by atoms with E-state index in [4.69, 9.17) is 5.26 Å². The summed E-state index contributed by atoms with van der Waals surface area (Å²) in [6.45, 7) is 1.86. The minimum atomic E-state index is -3.43. The second kappa shape index (κ2) is 4.28. The Morgan fingerprint density at radius 1 is 1.40 bits per heavy atom. The lowest BCUT2D eigenvalue weighted by molar-refractivity contribution is 0.609. The van der Waals surface area contributed by atoms with Crippen molar-refractivity contribution in [3.05, 3.63) is 40.3 Å². The van der Waals surface area contributed by atoms with E-state index in [1.807, 2.05) is 19.1 Å². The highest BCUT2D eigenvalue weighted by Crippen LogP contribution is 2.14. The number of sulfone groups is 1. The van der Waals surface area contributed by atoms with E-state index in [9.17, 15) is 8.42 Å². The van der Waals surface area contributed by atoms with E-state index < -0.39 is 9.84 Å². The summed E-state index contributed by atoms with van der Waals surface area (Å²) in [7, 11) is -3.43. The fraction of sp³-hybridized carbons (Fsp3) is 0.182. The quantitative estimate of drug-likeness (QED) is 0.717. The van der Waals surface area contributed by atoms with Crippen molar-refractivity contribution in [1.82, 2.24) is 0 Å². The van der Waals surface area contributed by atoms with Crippen LogP contribution in [0, 0.1) is 18.3 Å². The lowest BCUT2D eigenvalue weighted by Crippen LogP contribution is -1.98. The Kier molecular flexibility index (Phi) is 3.28. The van der Waals surface area contributed by atoms with Crippen molar-refractivity contribution in [2.75, 3.05) is 6.26 Å². The molecule has 3 nitrogen and oxygen atoms in total. The predicted octanol–water partition coefficient (Wildman–Crippen LogP) is 1.90. The first-order chi connectivity index (χ1) is 6.95. The van der Waals surface area contributed by atoms with Gasteiger partial charge in [0.05, 0.1) is 0 Å². The summed E-state index contributed by atoms with van der Waals surface area (Å²) in [6, 6.07) is 8.99. The van der Waals surface area contributed by atoms with Crippen molar-refractivity contribution in [1.29, 1.82) is 5.26 Å². The van der Waals surface area contributed by atoms with Gasteiger partial charge in [-0.1, -0.05) is 24.3 Å². The van der Waals surface area contributed by atoms with Crippen LogP contribution >= 0.6 is 0 Å². The van der Waals surface area contributed by atoms with E-state index in [1.54, 1.807) is 18.2 Å². The lowest BCUT2D eigenvalue weighted by atomic mass is 10.1. The van der Waals surface area contributed by atoms with Gasteiger partial charge in [-0.25, -0.2) is 8.42 Å². The summed E-state index contributed by atoms with van der Waals surface area (Å²) >= 11 is 0. The van der Waals surface area contributed by atoms with Gasteiger partial charge in [0.1, 0.15) is 11.0 Å².